The second-order valence-corrected chi connectivity index (χ2v) is 6.97. The lowest BCUT2D eigenvalue weighted by Gasteiger charge is -2.37. The maximum Gasteiger partial charge on any atom is 0.231 e. The van der Waals surface area contributed by atoms with Gasteiger partial charge in [-0.15, -0.1) is 0 Å². The van der Waals surface area contributed by atoms with Crippen molar-refractivity contribution < 1.29 is 4.74 Å². The molecule has 0 saturated carbocycles. The molecule has 0 atom stereocenters. The van der Waals surface area contributed by atoms with Crippen LogP contribution in [-0.2, 0) is 0 Å². The van der Waals surface area contributed by atoms with E-state index in [-0.39, 0.29) is 0 Å². The predicted molar refractivity (Wildman–Crippen MR) is 119 cm³/mol. The third-order valence-electron chi connectivity index (χ3n) is 5.29. The first kappa shape index (κ1) is 19.1. The van der Waals surface area contributed by atoms with Gasteiger partial charge in [-0.1, -0.05) is 18.2 Å². The minimum atomic E-state index is 0.744. The highest BCUT2D eigenvalue weighted by Crippen LogP contribution is 2.25. The molecular weight excluding hydrogens is 362 g/mol. The van der Waals surface area contributed by atoms with Gasteiger partial charge < -0.3 is 19.4 Å². The van der Waals surface area contributed by atoms with Crippen LogP contribution in [0.25, 0.3) is 0 Å². The van der Waals surface area contributed by atoms with Gasteiger partial charge in [0.2, 0.25) is 5.95 Å². The molecule has 1 aliphatic rings. The van der Waals surface area contributed by atoms with Gasteiger partial charge in [-0.3, -0.25) is 0 Å². The number of hydrogen-bond acceptors (Lipinski definition) is 6. The maximum absolute atomic E-state index is 5.26. The van der Waals surface area contributed by atoms with Gasteiger partial charge in [0.1, 0.15) is 11.6 Å². The molecule has 2 aromatic carbocycles. The molecule has 2 heterocycles. The highest BCUT2D eigenvalue weighted by molar-refractivity contribution is 5.59. The molecule has 0 N–H and O–H groups in total. The van der Waals surface area contributed by atoms with E-state index >= 15 is 0 Å². The van der Waals surface area contributed by atoms with Gasteiger partial charge in [0, 0.05) is 50.3 Å². The van der Waals surface area contributed by atoms with E-state index in [1.165, 1.54) is 5.69 Å². The summed E-state index contributed by atoms with van der Waals surface area (Å²) in [6.45, 7) is 6.72. The number of para-hydroxylation sites is 1. The summed E-state index contributed by atoms with van der Waals surface area (Å²) in [4.78, 5) is 16.3. The van der Waals surface area contributed by atoms with Crippen molar-refractivity contribution in [2.24, 2.45) is 0 Å². The first-order chi connectivity index (χ1) is 14.3. The summed E-state index contributed by atoms with van der Waals surface area (Å²) >= 11 is 0. The van der Waals surface area contributed by atoms with E-state index in [0.717, 1.165) is 55.9 Å². The Labute approximate surface area is 172 Å². The van der Waals surface area contributed by atoms with Crippen molar-refractivity contribution in [2.45, 2.75) is 6.92 Å². The molecule has 0 unspecified atom stereocenters. The van der Waals surface area contributed by atoms with Crippen LogP contribution in [0.5, 0.6) is 5.75 Å². The minimum absolute atomic E-state index is 0.744. The van der Waals surface area contributed by atoms with E-state index in [0.29, 0.717) is 0 Å². The van der Waals surface area contributed by atoms with E-state index in [2.05, 4.69) is 50.9 Å². The smallest absolute Gasteiger partial charge is 0.231 e. The van der Waals surface area contributed by atoms with Gasteiger partial charge in [0.15, 0.2) is 0 Å². The first-order valence-corrected chi connectivity index (χ1v) is 10.1. The number of rotatable bonds is 6. The van der Waals surface area contributed by atoms with Crippen LogP contribution in [-0.4, -0.2) is 49.8 Å². The highest BCUT2D eigenvalue weighted by Gasteiger charge is 2.20. The van der Waals surface area contributed by atoms with Crippen molar-refractivity contribution >= 4 is 23.1 Å². The SMILES string of the molecule is CCN(c1ccccc1)c1nccc(N2CCN(c3ccc(OC)cc3)CC2)n1. The molecule has 3 aromatic rings. The summed E-state index contributed by atoms with van der Waals surface area (Å²) in [6, 6.07) is 20.6. The second-order valence-electron chi connectivity index (χ2n) is 6.97. The summed E-state index contributed by atoms with van der Waals surface area (Å²) in [5.41, 5.74) is 2.34. The van der Waals surface area contributed by atoms with Crippen molar-refractivity contribution in [3.8, 4) is 5.75 Å². The van der Waals surface area contributed by atoms with E-state index in [1.54, 1.807) is 7.11 Å². The monoisotopic (exact) mass is 389 g/mol. The molecule has 0 bridgehead atoms. The normalized spacial score (nSPS) is 14.0. The molecule has 1 fully saturated rings. The molecule has 150 valence electrons. The fourth-order valence-corrected chi connectivity index (χ4v) is 3.68. The molecule has 1 aromatic heterocycles. The standard InChI is InChI=1S/C23H27N5O/c1-3-28(20-7-5-4-6-8-20)23-24-14-13-22(25-23)27-17-15-26(16-18-27)19-9-11-21(29-2)12-10-19/h4-14H,3,15-18H2,1-2H3. The van der Waals surface area contributed by atoms with Gasteiger partial charge in [0.25, 0.3) is 0 Å². The fraction of sp³-hybridized carbons (Fsp3) is 0.304. The van der Waals surface area contributed by atoms with Gasteiger partial charge in [-0.2, -0.15) is 4.98 Å². The Morgan fingerprint density at radius 1 is 0.897 bits per heavy atom. The summed E-state index contributed by atoms with van der Waals surface area (Å²) < 4.78 is 5.26. The van der Waals surface area contributed by atoms with Crippen molar-refractivity contribution in [3.05, 3.63) is 66.9 Å². The van der Waals surface area contributed by atoms with Crippen LogP contribution in [0.2, 0.25) is 0 Å². The predicted octanol–water partition coefficient (Wildman–Crippen LogP) is 3.97. The molecule has 6 nitrogen and oxygen atoms in total. The van der Waals surface area contributed by atoms with Crippen LogP contribution in [0.4, 0.5) is 23.1 Å². The Hall–Kier alpha value is -3.28. The Bertz CT molecular complexity index is 908. The molecular formula is C23H27N5O. The third-order valence-corrected chi connectivity index (χ3v) is 5.29. The molecule has 29 heavy (non-hydrogen) atoms. The number of piperazine rings is 1. The summed E-state index contributed by atoms with van der Waals surface area (Å²) in [7, 11) is 1.70. The third kappa shape index (κ3) is 4.26. The van der Waals surface area contributed by atoms with Crippen molar-refractivity contribution in [1.82, 2.24) is 9.97 Å². The topological polar surface area (TPSA) is 44.7 Å². The second kappa shape index (κ2) is 8.82. The lowest BCUT2D eigenvalue weighted by Crippen LogP contribution is -2.46. The molecule has 4 rings (SSSR count). The lowest BCUT2D eigenvalue weighted by molar-refractivity contribution is 0.415. The number of methoxy groups -OCH3 is 1. The van der Waals surface area contributed by atoms with Gasteiger partial charge in [-0.25, -0.2) is 4.98 Å². The average molecular weight is 390 g/mol. The first-order valence-electron chi connectivity index (χ1n) is 10.1. The molecule has 1 aliphatic heterocycles. The Kier molecular flexibility index (Phi) is 5.79. The van der Waals surface area contributed by atoms with E-state index in [4.69, 9.17) is 9.72 Å². The van der Waals surface area contributed by atoms with E-state index < -0.39 is 0 Å². The van der Waals surface area contributed by atoms with Gasteiger partial charge >= 0.3 is 0 Å². The molecule has 6 heteroatoms. The zero-order valence-electron chi connectivity index (χ0n) is 17.0. The van der Waals surface area contributed by atoms with Crippen LogP contribution in [0, 0.1) is 0 Å². The highest BCUT2D eigenvalue weighted by atomic mass is 16.5. The van der Waals surface area contributed by atoms with Crippen molar-refractivity contribution in [1.29, 1.82) is 0 Å². The Morgan fingerprint density at radius 2 is 1.59 bits per heavy atom. The largest absolute Gasteiger partial charge is 0.497 e. The van der Waals surface area contributed by atoms with Crippen molar-refractivity contribution in [3.63, 3.8) is 0 Å². The number of aromatic nitrogens is 2. The summed E-state index contributed by atoms with van der Waals surface area (Å²) in [6.07, 6.45) is 1.86. The number of hydrogen-bond donors (Lipinski definition) is 0. The fourth-order valence-electron chi connectivity index (χ4n) is 3.68. The molecule has 0 aliphatic carbocycles. The molecule has 0 spiro atoms. The van der Waals surface area contributed by atoms with Gasteiger partial charge in [-0.05, 0) is 49.4 Å². The average Bonchev–Trinajstić information content (AvgIpc) is 2.81. The van der Waals surface area contributed by atoms with Crippen molar-refractivity contribution in [2.75, 3.05) is 54.5 Å². The lowest BCUT2D eigenvalue weighted by atomic mass is 10.2. The van der Waals surface area contributed by atoms with Crippen LogP contribution in [0.15, 0.2) is 66.9 Å². The Balaban J connectivity index is 1.45. The quantitative estimate of drug-likeness (QED) is 0.636. The van der Waals surface area contributed by atoms with Crippen LogP contribution in [0.1, 0.15) is 6.92 Å². The van der Waals surface area contributed by atoms with Crippen LogP contribution >= 0.6 is 0 Å². The van der Waals surface area contributed by atoms with E-state index in [1.807, 2.05) is 42.6 Å². The van der Waals surface area contributed by atoms with Crippen LogP contribution in [0.3, 0.4) is 0 Å². The minimum Gasteiger partial charge on any atom is -0.497 e. The summed E-state index contributed by atoms with van der Waals surface area (Å²) in [5.74, 6) is 2.62. The molecule has 1 saturated heterocycles. The Morgan fingerprint density at radius 3 is 2.24 bits per heavy atom. The molecule has 0 amide bonds. The zero-order chi connectivity index (χ0) is 20.1. The molecule has 0 radical (unpaired) electrons. The summed E-state index contributed by atoms with van der Waals surface area (Å²) in [5, 5.41) is 0. The van der Waals surface area contributed by atoms with Crippen LogP contribution < -0.4 is 19.4 Å². The van der Waals surface area contributed by atoms with Gasteiger partial charge in [0.05, 0.1) is 7.11 Å². The number of nitrogens with zero attached hydrogens (tertiary/aromatic N) is 5. The van der Waals surface area contributed by atoms with E-state index in [9.17, 15) is 0 Å². The number of ether oxygens (including phenoxy) is 1. The number of benzene rings is 2. The zero-order valence-corrected chi connectivity index (χ0v) is 17.0. The number of anilines is 4. The maximum atomic E-state index is 5.26.